The van der Waals surface area contributed by atoms with E-state index in [9.17, 15) is 14.4 Å². The molecule has 1 aromatic carbocycles. The molecule has 1 fully saturated rings. The van der Waals surface area contributed by atoms with E-state index in [1.807, 2.05) is 11.5 Å². The Kier molecular flexibility index (Phi) is 5.85. The standard InChI is InChI=1S/C20H23ClN2O4/c1-3-22-12-16(18(24)15-11-14(21)5-6-17(15)22)19(25)23-9-7-13(8-10-23)20(26)27-4-2/h5-6,11-13H,3-4,7-10H2,1-2H3. The molecule has 1 aliphatic heterocycles. The van der Waals surface area contributed by atoms with Crippen LogP contribution >= 0.6 is 11.6 Å². The summed E-state index contributed by atoms with van der Waals surface area (Å²) in [6.45, 7) is 5.58. The molecule has 0 radical (unpaired) electrons. The number of halogens is 1. The van der Waals surface area contributed by atoms with Crippen LogP contribution in [0.3, 0.4) is 0 Å². The number of rotatable bonds is 4. The molecule has 2 heterocycles. The average molecular weight is 391 g/mol. The summed E-state index contributed by atoms with van der Waals surface area (Å²) >= 11 is 6.05. The normalized spacial score (nSPS) is 15.1. The third kappa shape index (κ3) is 3.86. The summed E-state index contributed by atoms with van der Waals surface area (Å²) in [5.41, 5.74) is 0.584. The van der Waals surface area contributed by atoms with Crippen molar-refractivity contribution < 1.29 is 14.3 Å². The Labute approximate surface area is 162 Å². The molecule has 6 nitrogen and oxygen atoms in total. The first kappa shape index (κ1) is 19.4. The highest BCUT2D eigenvalue weighted by Crippen LogP contribution is 2.22. The number of amides is 1. The van der Waals surface area contributed by atoms with E-state index in [4.69, 9.17) is 16.3 Å². The molecule has 27 heavy (non-hydrogen) atoms. The van der Waals surface area contributed by atoms with Gasteiger partial charge in [0.15, 0.2) is 0 Å². The number of carbonyl (C=O) groups excluding carboxylic acids is 2. The predicted molar refractivity (Wildman–Crippen MR) is 104 cm³/mol. The Hall–Kier alpha value is -2.34. The maximum absolute atomic E-state index is 13.0. The third-order valence-electron chi connectivity index (χ3n) is 5.02. The molecule has 2 aromatic rings. The number of esters is 1. The quantitative estimate of drug-likeness (QED) is 0.752. The molecule has 1 saturated heterocycles. The fourth-order valence-corrected chi connectivity index (χ4v) is 3.70. The van der Waals surface area contributed by atoms with Crippen LogP contribution in [0.15, 0.2) is 29.2 Å². The second-order valence-corrected chi connectivity index (χ2v) is 7.07. The number of carbonyl (C=O) groups is 2. The first-order valence-corrected chi connectivity index (χ1v) is 9.62. The van der Waals surface area contributed by atoms with Crippen LogP contribution in [0, 0.1) is 5.92 Å². The van der Waals surface area contributed by atoms with Crippen molar-refractivity contribution in [3.63, 3.8) is 0 Å². The molecular weight excluding hydrogens is 368 g/mol. The van der Waals surface area contributed by atoms with Crippen LogP contribution in [0.25, 0.3) is 10.9 Å². The summed E-state index contributed by atoms with van der Waals surface area (Å²) in [5, 5.41) is 0.902. The van der Waals surface area contributed by atoms with Crippen molar-refractivity contribution in [3.05, 3.63) is 45.2 Å². The minimum Gasteiger partial charge on any atom is -0.466 e. The summed E-state index contributed by atoms with van der Waals surface area (Å²) in [4.78, 5) is 39.4. The SMILES string of the molecule is CCOC(=O)C1CCN(C(=O)c2cn(CC)c3ccc(Cl)cc3c2=O)CC1. The van der Waals surface area contributed by atoms with Gasteiger partial charge in [-0.2, -0.15) is 0 Å². The van der Waals surface area contributed by atoms with Crippen molar-refractivity contribution in [3.8, 4) is 0 Å². The van der Waals surface area contributed by atoms with Gasteiger partial charge in [-0.05, 0) is 44.9 Å². The summed E-state index contributed by atoms with van der Waals surface area (Å²) in [6, 6.07) is 5.13. The van der Waals surface area contributed by atoms with Crippen molar-refractivity contribution in [2.45, 2.75) is 33.2 Å². The van der Waals surface area contributed by atoms with Gasteiger partial charge in [0.2, 0.25) is 5.43 Å². The van der Waals surface area contributed by atoms with E-state index in [0.29, 0.717) is 49.5 Å². The lowest BCUT2D eigenvalue weighted by atomic mass is 9.96. The second kappa shape index (κ2) is 8.13. The Morgan fingerprint density at radius 3 is 2.56 bits per heavy atom. The fourth-order valence-electron chi connectivity index (χ4n) is 3.53. The van der Waals surface area contributed by atoms with Crippen LogP contribution < -0.4 is 5.43 Å². The van der Waals surface area contributed by atoms with Gasteiger partial charge < -0.3 is 14.2 Å². The number of aryl methyl sites for hydroxylation is 1. The van der Waals surface area contributed by atoms with Crippen LogP contribution in [0.4, 0.5) is 0 Å². The number of benzene rings is 1. The lowest BCUT2D eigenvalue weighted by Crippen LogP contribution is -2.42. The van der Waals surface area contributed by atoms with Crippen molar-refractivity contribution in [1.29, 1.82) is 0 Å². The van der Waals surface area contributed by atoms with E-state index < -0.39 is 0 Å². The maximum Gasteiger partial charge on any atom is 0.309 e. The highest BCUT2D eigenvalue weighted by molar-refractivity contribution is 6.31. The highest BCUT2D eigenvalue weighted by Gasteiger charge is 2.30. The average Bonchev–Trinajstić information content (AvgIpc) is 2.68. The number of likely N-dealkylation sites (tertiary alicyclic amines) is 1. The van der Waals surface area contributed by atoms with E-state index in [-0.39, 0.29) is 28.8 Å². The van der Waals surface area contributed by atoms with Crippen LogP contribution in [0.2, 0.25) is 5.02 Å². The number of nitrogens with zero attached hydrogens (tertiary/aromatic N) is 2. The Balaban J connectivity index is 1.87. The molecular formula is C20H23ClN2O4. The van der Waals surface area contributed by atoms with Crippen molar-refractivity contribution in [2.75, 3.05) is 19.7 Å². The molecule has 1 aliphatic rings. The summed E-state index contributed by atoms with van der Waals surface area (Å²) in [6.07, 6.45) is 2.72. The fraction of sp³-hybridized carbons (Fsp3) is 0.450. The smallest absolute Gasteiger partial charge is 0.309 e. The minimum atomic E-state index is -0.310. The number of aromatic nitrogens is 1. The van der Waals surface area contributed by atoms with E-state index >= 15 is 0 Å². The van der Waals surface area contributed by atoms with E-state index in [0.717, 1.165) is 5.52 Å². The summed E-state index contributed by atoms with van der Waals surface area (Å²) < 4.78 is 6.94. The monoisotopic (exact) mass is 390 g/mol. The van der Waals surface area contributed by atoms with Crippen LogP contribution in [-0.2, 0) is 16.1 Å². The van der Waals surface area contributed by atoms with Gasteiger partial charge in [0.05, 0.1) is 18.0 Å². The van der Waals surface area contributed by atoms with E-state index in [1.54, 1.807) is 36.2 Å². The third-order valence-corrected chi connectivity index (χ3v) is 5.25. The van der Waals surface area contributed by atoms with E-state index in [2.05, 4.69) is 0 Å². The number of piperidine rings is 1. The van der Waals surface area contributed by atoms with Crippen molar-refractivity contribution in [1.82, 2.24) is 9.47 Å². The van der Waals surface area contributed by atoms with E-state index in [1.165, 1.54) is 0 Å². The summed E-state index contributed by atoms with van der Waals surface area (Å²) in [7, 11) is 0. The van der Waals surface area contributed by atoms with Gasteiger partial charge in [0.25, 0.3) is 5.91 Å². The van der Waals surface area contributed by atoms with Gasteiger partial charge in [-0.25, -0.2) is 0 Å². The molecule has 1 aromatic heterocycles. The van der Waals surface area contributed by atoms with Gasteiger partial charge in [-0.15, -0.1) is 0 Å². The van der Waals surface area contributed by atoms with Crippen LogP contribution in [0.5, 0.6) is 0 Å². The molecule has 0 aliphatic carbocycles. The van der Waals surface area contributed by atoms with Gasteiger partial charge in [0, 0.05) is 36.2 Å². The molecule has 0 atom stereocenters. The zero-order chi connectivity index (χ0) is 19.6. The highest BCUT2D eigenvalue weighted by atomic mass is 35.5. The zero-order valence-electron chi connectivity index (χ0n) is 15.5. The molecule has 0 saturated carbocycles. The zero-order valence-corrected chi connectivity index (χ0v) is 16.3. The Morgan fingerprint density at radius 1 is 1.22 bits per heavy atom. The van der Waals surface area contributed by atoms with Gasteiger partial charge in [0.1, 0.15) is 5.56 Å². The number of pyridine rings is 1. The molecule has 1 amide bonds. The molecule has 7 heteroatoms. The van der Waals surface area contributed by atoms with Gasteiger partial charge >= 0.3 is 5.97 Å². The lowest BCUT2D eigenvalue weighted by molar-refractivity contribution is -0.149. The molecule has 0 N–H and O–H groups in total. The largest absolute Gasteiger partial charge is 0.466 e. The second-order valence-electron chi connectivity index (χ2n) is 6.64. The van der Waals surface area contributed by atoms with Crippen molar-refractivity contribution in [2.24, 2.45) is 5.92 Å². The van der Waals surface area contributed by atoms with Gasteiger partial charge in [-0.1, -0.05) is 11.6 Å². The molecule has 0 unspecified atom stereocenters. The first-order chi connectivity index (χ1) is 13.0. The molecule has 3 rings (SSSR count). The minimum absolute atomic E-state index is 0.140. The maximum atomic E-state index is 13.0. The van der Waals surface area contributed by atoms with Crippen molar-refractivity contribution >= 4 is 34.4 Å². The number of hydrogen-bond donors (Lipinski definition) is 0. The molecule has 0 bridgehead atoms. The van der Waals surface area contributed by atoms with Gasteiger partial charge in [-0.3, -0.25) is 14.4 Å². The number of hydrogen-bond acceptors (Lipinski definition) is 4. The Morgan fingerprint density at radius 2 is 1.93 bits per heavy atom. The summed E-state index contributed by atoms with van der Waals surface area (Å²) in [5.74, 6) is -0.693. The predicted octanol–water partition coefficient (Wildman–Crippen LogP) is 3.09. The van der Waals surface area contributed by atoms with Crippen LogP contribution in [-0.4, -0.2) is 41.0 Å². The number of ether oxygens (including phenoxy) is 1. The van der Waals surface area contributed by atoms with Crippen LogP contribution in [0.1, 0.15) is 37.0 Å². The number of fused-ring (bicyclic) bond motifs is 1. The first-order valence-electron chi connectivity index (χ1n) is 9.24. The lowest BCUT2D eigenvalue weighted by Gasteiger charge is -2.31. The molecule has 144 valence electrons. The topological polar surface area (TPSA) is 68.6 Å². The molecule has 0 spiro atoms. The Bertz CT molecular complexity index is 929.